The van der Waals surface area contributed by atoms with E-state index in [9.17, 15) is 0 Å². The van der Waals surface area contributed by atoms with Gasteiger partial charge in [-0.15, -0.1) is 0 Å². The number of rotatable bonds is 8. The fourth-order valence-electron chi connectivity index (χ4n) is 6.44. The van der Waals surface area contributed by atoms with Crippen molar-refractivity contribution in [2.45, 2.75) is 59.3 Å². The number of benzene rings is 6. The van der Waals surface area contributed by atoms with Gasteiger partial charge in [0.15, 0.2) is 0 Å². The molecule has 2 heterocycles. The summed E-state index contributed by atoms with van der Waals surface area (Å²) in [6.45, 7) is 11.0. The van der Waals surface area contributed by atoms with Crippen LogP contribution in [0.4, 0.5) is 0 Å². The van der Waals surface area contributed by atoms with E-state index in [4.69, 9.17) is 18.1 Å². The summed E-state index contributed by atoms with van der Waals surface area (Å²) in [4.78, 5) is 0. The van der Waals surface area contributed by atoms with E-state index >= 15 is 0 Å². The first-order chi connectivity index (χ1) is 25.0. The van der Waals surface area contributed by atoms with Crippen molar-refractivity contribution in [1.82, 2.24) is 0 Å². The standard InChI is InChI=1S/C23H23O2P.C22H21O2P/c1-4-16(2)18-13-9-10-17(3)23(18)25-26-22-15-8-6-12-20(22)19-11-5-7-14-21(19)24-26;1-3-16(2)17-10-4-7-13-20(17)23-25-22-15-9-6-12-19(22)18-11-5-8-14-21(18)24-25/h5-16H,4H2,1-3H3;4-16H,3H2,1-2H3. The third-order valence-electron chi connectivity index (χ3n) is 9.72. The monoisotopic (exact) mass is 710 g/mol. The van der Waals surface area contributed by atoms with Crippen LogP contribution in [0.1, 0.15) is 69.1 Å². The van der Waals surface area contributed by atoms with Gasteiger partial charge in [-0.2, -0.15) is 0 Å². The van der Waals surface area contributed by atoms with Gasteiger partial charge >= 0.3 is 16.8 Å². The average molecular weight is 711 g/mol. The molecule has 4 unspecified atom stereocenters. The van der Waals surface area contributed by atoms with Crippen molar-refractivity contribution >= 4 is 27.4 Å². The fourth-order valence-corrected chi connectivity index (χ4v) is 9.54. The van der Waals surface area contributed by atoms with Crippen molar-refractivity contribution in [2.24, 2.45) is 0 Å². The maximum atomic E-state index is 6.57. The molecule has 0 fully saturated rings. The van der Waals surface area contributed by atoms with Crippen LogP contribution in [-0.2, 0) is 0 Å². The van der Waals surface area contributed by atoms with Crippen LogP contribution in [0.25, 0.3) is 22.3 Å². The molecule has 0 aliphatic carbocycles. The van der Waals surface area contributed by atoms with Crippen LogP contribution in [0.3, 0.4) is 0 Å². The minimum Gasteiger partial charge on any atom is -0.435 e. The molecule has 0 spiro atoms. The van der Waals surface area contributed by atoms with Gasteiger partial charge in [0.05, 0.1) is 10.6 Å². The molecule has 6 aromatic rings. The number of aryl methyl sites for hydroxylation is 1. The summed E-state index contributed by atoms with van der Waals surface area (Å²) in [5.74, 6) is 4.61. The Kier molecular flexibility index (Phi) is 10.7. The quantitative estimate of drug-likeness (QED) is 0.147. The van der Waals surface area contributed by atoms with Crippen LogP contribution < -0.4 is 28.7 Å². The third-order valence-corrected chi connectivity index (χ3v) is 12.7. The van der Waals surface area contributed by atoms with Crippen molar-refractivity contribution in [2.75, 3.05) is 0 Å². The smallest absolute Gasteiger partial charge is 0.326 e. The van der Waals surface area contributed by atoms with Crippen LogP contribution in [0.15, 0.2) is 140 Å². The van der Waals surface area contributed by atoms with Crippen molar-refractivity contribution in [3.05, 3.63) is 156 Å². The zero-order chi connectivity index (χ0) is 35.3. The van der Waals surface area contributed by atoms with Gasteiger partial charge in [-0.1, -0.05) is 137 Å². The topological polar surface area (TPSA) is 36.9 Å². The predicted octanol–water partition coefficient (Wildman–Crippen LogP) is 12.9. The third kappa shape index (κ3) is 7.27. The van der Waals surface area contributed by atoms with Gasteiger partial charge in [-0.25, -0.2) is 0 Å². The van der Waals surface area contributed by atoms with Gasteiger partial charge in [0.1, 0.15) is 23.0 Å². The minimum atomic E-state index is -1.21. The van der Waals surface area contributed by atoms with E-state index in [2.05, 4.69) is 138 Å². The highest BCUT2D eigenvalue weighted by Gasteiger charge is 2.31. The highest BCUT2D eigenvalue weighted by atomic mass is 31.2. The summed E-state index contributed by atoms with van der Waals surface area (Å²) >= 11 is 0. The van der Waals surface area contributed by atoms with Gasteiger partial charge in [-0.3, -0.25) is 0 Å². The Morgan fingerprint density at radius 1 is 0.490 bits per heavy atom. The van der Waals surface area contributed by atoms with E-state index in [0.717, 1.165) is 63.1 Å². The normalized spacial score (nSPS) is 16.3. The van der Waals surface area contributed by atoms with Gasteiger partial charge in [0.25, 0.3) is 0 Å². The lowest BCUT2D eigenvalue weighted by Crippen LogP contribution is -2.18. The lowest BCUT2D eigenvalue weighted by Gasteiger charge is -2.29. The summed E-state index contributed by atoms with van der Waals surface area (Å²) in [5.41, 5.74) is 8.34. The highest BCUT2D eigenvalue weighted by Crippen LogP contribution is 2.52. The molecule has 51 heavy (non-hydrogen) atoms. The van der Waals surface area contributed by atoms with E-state index in [-0.39, 0.29) is 0 Å². The Bertz CT molecular complexity index is 2130. The Hall–Kier alpha value is -4.62. The Balaban J connectivity index is 0.000000159. The maximum absolute atomic E-state index is 6.57. The summed E-state index contributed by atoms with van der Waals surface area (Å²) in [5, 5.41) is 2.27. The van der Waals surface area contributed by atoms with E-state index < -0.39 is 16.8 Å². The second-order valence-corrected chi connectivity index (χ2v) is 15.8. The average Bonchev–Trinajstić information content (AvgIpc) is 3.18. The molecule has 0 radical (unpaired) electrons. The van der Waals surface area contributed by atoms with E-state index in [1.54, 1.807) is 0 Å². The summed E-state index contributed by atoms with van der Waals surface area (Å²) in [6.07, 6.45) is 2.16. The number of hydrogen-bond acceptors (Lipinski definition) is 4. The minimum absolute atomic E-state index is 0.451. The largest absolute Gasteiger partial charge is 0.435 e. The van der Waals surface area contributed by atoms with Crippen molar-refractivity contribution < 1.29 is 18.1 Å². The second-order valence-electron chi connectivity index (χ2n) is 13.1. The molecular formula is C45H44O4P2. The molecule has 6 aromatic carbocycles. The molecule has 2 aliphatic heterocycles. The fraction of sp³-hybridized carbons (Fsp3) is 0.200. The molecule has 0 saturated carbocycles. The molecule has 4 atom stereocenters. The maximum Gasteiger partial charge on any atom is 0.326 e. The van der Waals surface area contributed by atoms with E-state index in [1.807, 2.05) is 36.4 Å². The van der Waals surface area contributed by atoms with Gasteiger partial charge in [0.2, 0.25) is 0 Å². The predicted molar refractivity (Wildman–Crippen MR) is 214 cm³/mol. The molecule has 6 heteroatoms. The highest BCUT2D eigenvalue weighted by molar-refractivity contribution is 7.57. The SMILES string of the molecule is CCC(C)c1cccc(C)c1OP1Oc2ccccc2-c2ccccc21.CCC(C)c1ccccc1OP1Oc2ccccc2-c2ccccc21. The molecule has 8 rings (SSSR count). The first kappa shape index (κ1) is 34.8. The molecule has 258 valence electrons. The summed E-state index contributed by atoms with van der Waals surface area (Å²) in [6, 6.07) is 47.9. The summed E-state index contributed by atoms with van der Waals surface area (Å²) < 4.78 is 25.6. The Labute approximate surface area is 305 Å². The first-order valence-electron chi connectivity index (χ1n) is 17.8. The number of fused-ring (bicyclic) bond motifs is 6. The van der Waals surface area contributed by atoms with Crippen molar-refractivity contribution in [3.8, 4) is 45.3 Å². The lowest BCUT2D eigenvalue weighted by atomic mass is 9.96. The summed E-state index contributed by atoms with van der Waals surface area (Å²) in [7, 11) is -2.41. The molecule has 2 aliphatic rings. The van der Waals surface area contributed by atoms with Gasteiger partial charge in [-0.05, 0) is 89.8 Å². The second kappa shape index (κ2) is 15.7. The van der Waals surface area contributed by atoms with Crippen LogP contribution in [0.2, 0.25) is 0 Å². The van der Waals surface area contributed by atoms with Crippen LogP contribution in [-0.4, -0.2) is 0 Å². The van der Waals surface area contributed by atoms with E-state index in [1.165, 1.54) is 22.3 Å². The first-order valence-corrected chi connectivity index (χ1v) is 20.2. The Morgan fingerprint density at radius 3 is 1.53 bits per heavy atom. The lowest BCUT2D eigenvalue weighted by molar-refractivity contribution is 0.490. The van der Waals surface area contributed by atoms with Crippen molar-refractivity contribution in [1.29, 1.82) is 0 Å². The number of hydrogen-bond donors (Lipinski definition) is 0. The zero-order valence-corrected chi connectivity index (χ0v) is 31.7. The van der Waals surface area contributed by atoms with E-state index in [0.29, 0.717) is 11.8 Å². The molecule has 0 saturated heterocycles. The van der Waals surface area contributed by atoms with Gasteiger partial charge < -0.3 is 18.1 Å². The van der Waals surface area contributed by atoms with Crippen LogP contribution >= 0.6 is 16.8 Å². The van der Waals surface area contributed by atoms with Crippen molar-refractivity contribution in [3.63, 3.8) is 0 Å². The Morgan fingerprint density at radius 2 is 0.941 bits per heavy atom. The molecule has 0 bridgehead atoms. The van der Waals surface area contributed by atoms with Crippen LogP contribution in [0.5, 0.6) is 23.0 Å². The van der Waals surface area contributed by atoms with Crippen LogP contribution in [0, 0.1) is 6.92 Å². The molecule has 0 N–H and O–H groups in total. The zero-order valence-electron chi connectivity index (χ0n) is 29.9. The molecular weight excluding hydrogens is 666 g/mol. The molecule has 4 nitrogen and oxygen atoms in total. The molecule has 0 amide bonds. The van der Waals surface area contributed by atoms with Gasteiger partial charge in [0, 0.05) is 11.1 Å². The molecule has 0 aromatic heterocycles. The number of para-hydroxylation sites is 4.